The molecule has 0 amide bonds. The van der Waals surface area contributed by atoms with E-state index in [0.29, 0.717) is 5.76 Å². The normalized spacial score (nSPS) is 25.4. The van der Waals surface area contributed by atoms with E-state index in [1.165, 1.54) is 6.26 Å². The van der Waals surface area contributed by atoms with Crippen LogP contribution in [-0.2, 0) is 30.8 Å². The summed E-state index contributed by atoms with van der Waals surface area (Å²) < 4.78 is 38.7. The zero-order valence-corrected chi connectivity index (χ0v) is 18.1. The minimum atomic E-state index is -4.36. The number of sulfonamides is 1. The van der Waals surface area contributed by atoms with E-state index in [-0.39, 0.29) is 17.3 Å². The summed E-state index contributed by atoms with van der Waals surface area (Å²) in [6, 6.07) is 5.15. The predicted molar refractivity (Wildman–Crippen MR) is 109 cm³/mol. The number of anilines is 1. The molecular formula is C18H19ClN2O11S. The highest BCUT2D eigenvalue weighted by atomic mass is 35.5. The topological polar surface area (TPSA) is 219 Å². The summed E-state index contributed by atoms with van der Waals surface area (Å²) in [7, 11) is -4.36. The van der Waals surface area contributed by atoms with Crippen LogP contribution in [0.3, 0.4) is 0 Å². The molecule has 1 aliphatic rings. The van der Waals surface area contributed by atoms with Crippen LogP contribution in [0.4, 0.5) is 5.69 Å². The Bertz CT molecular complexity index is 1140. The fraction of sp³-hybridized carbons (Fsp3) is 0.333. The molecule has 1 aliphatic heterocycles. The molecule has 2 heterocycles. The lowest BCUT2D eigenvalue weighted by molar-refractivity contribution is -0.278. The SMILES string of the molecule is NS(=O)(=O)c1cc(C(=O)O[C@@H]2O[C@H](C(=O)O)[C@@H](O)[C@H](O)[C@@H]2O)c(NCc2ccco2)cc1Cl. The molecule has 13 nitrogen and oxygen atoms in total. The third-order valence-electron chi connectivity index (χ3n) is 4.67. The molecule has 1 aromatic carbocycles. The Morgan fingerprint density at radius 2 is 1.88 bits per heavy atom. The number of primary sulfonamides is 1. The van der Waals surface area contributed by atoms with Gasteiger partial charge >= 0.3 is 11.9 Å². The molecule has 15 heteroatoms. The number of rotatable bonds is 7. The van der Waals surface area contributed by atoms with Gasteiger partial charge in [-0.2, -0.15) is 0 Å². The van der Waals surface area contributed by atoms with Crippen molar-refractivity contribution < 1.29 is 52.3 Å². The second-order valence-corrected chi connectivity index (χ2v) is 8.88. The number of halogens is 1. The fourth-order valence-electron chi connectivity index (χ4n) is 3.00. The number of furan rings is 1. The van der Waals surface area contributed by atoms with Crippen LogP contribution in [0.2, 0.25) is 5.02 Å². The first kappa shape index (κ1) is 24.9. The monoisotopic (exact) mass is 506 g/mol. The third kappa shape index (κ3) is 5.44. The Balaban J connectivity index is 1.93. The maximum Gasteiger partial charge on any atom is 0.342 e. The zero-order valence-electron chi connectivity index (χ0n) is 16.5. The van der Waals surface area contributed by atoms with Crippen molar-refractivity contribution in [2.24, 2.45) is 5.14 Å². The van der Waals surface area contributed by atoms with Crippen LogP contribution in [0.5, 0.6) is 0 Å². The van der Waals surface area contributed by atoms with Gasteiger partial charge in [0, 0.05) is 0 Å². The van der Waals surface area contributed by atoms with Crippen LogP contribution in [0.15, 0.2) is 39.8 Å². The van der Waals surface area contributed by atoms with E-state index in [1.807, 2.05) is 0 Å². The lowest BCUT2D eigenvalue weighted by Crippen LogP contribution is -2.60. The van der Waals surface area contributed by atoms with E-state index in [0.717, 1.165) is 12.1 Å². The number of carbonyl (C=O) groups excluding carboxylic acids is 1. The maximum atomic E-state index is 12.8. The van der Waals surface area contributed by atoms with Crippen molar-refractivity contribution in [3.63, 3.8) is 0 Å². The predicted octanol–water partition coefficient (Wildman–Crippen LogP) is -0.758. The second-order valence-electron chi connectivity index (χ2n) is 6.95. The highest BCUT2D eigenvalue weighted by Gasteiger charge is 2.48. The number of benzene rings is 1. The summed E-state index contributed by atoms with van der Waals surface area (Å²) in [5.41, 5.74) is -0.437. The number of hydrogen-bond donors (Lipinski definition) is 6. The number of nitrogens with two attached hydrogens (primary N) is 1. The molecule has 0 aliphatic carbocycles. The summed E-state index contributed by atoms with van der Waals surface area (Å²) in [4.78, 5) is 23.5. The van der Waals surface area contributed by atoms with Gasteiger partial charge in [0.15, 0.2) is 6.10 Å². The van der Waals surface area contributed by atoms with E-state index >= 15 is 0 Å². The molecule has 7 N–H and O–H groups in total. The summed E-state index contributed by atoms with van der Waals surface area (Å²) in [5.74, 6) is -2.51. The Hall–Kier alpha value is -2.72. The number of aliphatic hydroxyl groups is 3. The number of aliphatic carboxylic acids is 1. The van der Waals surface area contributed by atoms with Crippen LogP contribution in [-0.4, -0.2) is 71.5 Å². The number of hydrogen-bond acceptors (Lipinski definition) is 11. The Morgan fingerprint density at radius 3 is 2.45 bits per heavy atom. The number of nitrogens with one attached hydrogen (secondary N) is 1. The van der Waals surface area contributed by atoms with Crippen molar-refractivity contribution in [3.05, 3.63) is 46.9 Å². The number of esters is 1. The molecule has 1 fully saturated rings. The highest BCUT2D eigenvalue weighted by molar-refractivity contribution is 7.89. The van der Waals surface area contributed by atoms with Gasteiger partial charge in [-0.05, 0) is 24.3 Å². The van der Waals surface area contributed by atoms with Crippen LogP contribution < -0.4 is 10.5 Å². The number of carbonyl (C=O) groups is 2. The standard InChI is InChI=1S/C18H19ClN2O11S/c19-9-5-10(21-6-7-2-1-3-30-7)8(4-11(9)33(20,28)29)17(27)32-18-14(24)12(22)13(23)15(31-18)16(25)26/h1-5,12-15,18,21-24H,6H2,(H,25,26)(H2,20,28,29)/t12-,13-,14-,15-,18-/m0/s1. The number of aliphatic hydroxyl groups excluding tert-OH is 3. The van der Waals surface area contributed by atoms with Crippen molar-refractivity contribution in [1.29, 1.82) is 0 Å². The number of ether oxygens (including phenoxy) is 2. The summed E-state index contributed by atoms with van der Waals surface area (Å²) >= 11 is 5.99. The van der Waals surface area contributed by atoms with Crippen LogP contribution in [0.1, 0.15) is 16.1 Å². The second kappa shape index (κ2) is 9.64. The fourth-order valence-corrected chi connectivity index (χ4v) is 4.10. The quantitative estimate of drug-likeness (QED) is 0.255. The van der Waals surface area contributed by atoms with Gasteiger partial charge in [0.25, 0.3) is 0 Å². The van der Waals surface area contributed by atoms with E-state index in [2.05, 4.69) is 5.32 Å². The largest absolute Gasteiger partial charge is 0.479 e. The lowest BCUT2D eigenvalue weighted by atomic mass is 9.99. The van der Waals surface area contributed by atoms with E-state index in [4.69, 9.17) is 35.7 Å². The van der Waals surface area contributed by atoms with Gasteiger partial charge in [-0.15, -0.1) is 0 Å². The molecule has 33 heavy (non-hydrogen) atoms. The zero-order chi connectivity index (χ0) is 24.5. The number of carboxylic acid groups (broad SMARTS) is 1. The van der Waals surface area contributed by atoms with Gasteiger partial charge in [-0.25, -0.2) is 23.1 Å². The minimum absolute atomic E-state index is 0.0190. The number of carboxylic acids is 1. The van der Waals surface area contributed by atoms with Crippen molar-refractivity contribution in [3.8, 4) is 0 Å². The highest BCUT2D eigenvalue weighted by Crippen LogP contribution is 2.31. The first-order valence-corrected chi connectivity index (χ1v) is 11.1. The van der Waals surface area contributed by atoms with Crippen molar-refractivity contribution in [2.45, 2.75) is 42.1 Å². The van der Waals surface area contributed by atoms with Gasteiger partial charge in [-0.3, -0.25) is 0 Å². The van der Waals surface area contributed by atoms with Gasteiger partial charge in [0.2, 0.25) is 16.3 Å². The average Bonchev–Trinajstić information content (AvgIpc) is 3.25. The average molecular weight is 507 g/mol. The van der Waals surface area contributed by atoms with Crippen LogP contribution in [0.25, 0.3) is 0 Å². The first-order chi connectivity index (χ1) is 15.4. The third-order valence-corrected chi connectivity index (χ3v) is 6.04. The minimum Gasteiger partial charge on any atom is -0.479 e. The Kier molecular flexibility index (Phi) is 7.28. The molecule has 0 radical (unpaired) electrons. The van der Waals surface area contributed by atoms with Crippen molar-refractivity contribution in [1.82, 2.24) is 0 Å². The van der Waals surface area contributed by atoms with Crippen molar-refractivity contribution >= 4 is 39.3 Å². The van der Waals surface area contributed by atoms with Gasteiger partial charge < -0.3 is 39.6 Å². The molecular weight excluding hydrogens is 488 g/mol. The van der Waals surface area contributed by atoms with Gasteiger partial charge in [0.1, 0.15) is 29.0 Å². The molecule has 0 bridgehead atoms. The van der Waals surface area contributed by atoms with E-state index in [9.17, 15) is 33.3 Å². The molecule has 5 atom stereocenters. The van der Waals surface area contributed by atoms with E-state index in [1.54, 1.807) is 12.1 Å². The summed E-state index contributed by atoms with van der Waals surface area (Å²) in [5, 5.41) is 46.4. The molecule has 1 aromatic heterocycles. The van der Waals surface area contributed by atoms with Gasteiger partial charge in [0.05, 0.1) is 29.1 Å². The first-order valence-electron chi connectivity index (χ1n) is 9.16. The van der Waals surface area contributed by atoms with Crippen LogP contribution >= 0.6 is 11.6 Å². The molecule has 0 saturated carbocycles. The Morgan fingerprint density at radius 1 is 1.18 bits per heavy atom. The van der Waals surface area contributed by atoms with Gasteiger partial charge in [-0.1, -0.05) is 11.6 Å². The van der Waals surface area contributed by atoms with Crippen LogP contribution in [0, 0.1) is 0 Å². The van der Waals surface area contributed by atoms with Crippen molar-refractivity contribution in [2.75, 3.05) is 5.32 Å². The molecule has 0 unspecified atom stereocenters. The van der Waals surface area contributed by atoms with E-state index < -0.39 is 63.1 Å². The molecule has 2 aromatic rings. The maximum absolute atomic E-state index is 12.8. The summed E-state index contributed by atoms with van der Waals surface area (Å²) in [6.07, 6.45) is -8.64. The Labute approximate surface area is 191 Å². The smallest absolute Gasteiger partial charge is 0.342 e. The molecule has 180 valence electrons. The summed E-state index contributed by atoms with van der Waals surface area (Å²) in [6.45, 7) is 0.0485. The molecule has 0 spiro atoms. The molecule has 3 rings (SSSR count). The lowest BCUT2D eigenvalue weighted by Gasteiger charge is -2.38. The molecule has 1 saturated heterocycles.